The molecule has 0 aromatic heterocycles. The average Bonchev–Trinajstić information content (AvgIpc) is 2.91. The molecule has 1 aromatic carbocycles. The van der Waals surface area contributed by atoms with Crippen LogP contribution in [-0.2, 0) is 19.8 Å². The van der Waals surface area contributed by atoms with Crippen molar-refractivity contribution in [2.24, 2.45) is 11.7 Å². The Morgan fingerprint density at radius 3 is 2.43 bits per heavy atom. The maximum absolute atomic E-state index is 11.8. The molecule has 112 valence electrons. The van der Waals surface area contributed by atoms with E-state index in [1.807, 2.05) is 0 Å². The molecule has 1 aliphatic heterocycles. The number of carbonyl (C=O) groups is 3. The van der Waals surface area contributed by atoms with Crippen LogP contribution in [0.1, 0.15) is 32.3 Å². The van der Waals surface area contributed by atoms with Gasteiger partial charge in [-0.05, 0) is 31.0 Å². The second-order valence-corrected chi connectivity index (χ2v) is 5.69. The summed E-state index contributed by atoms with van der Waals surface area (Å²) < 4.78 is 0. The van der Waals surface area contributed by atoms with Gasteiger partial charge >= 0.3 is 0 Å². The van der Waals surface area contributed by atoms with Crippen LogP contribution >= 0.6 is 0 Å². The van der Waals surface area contributed by atoms with E-state index in [4.69, 9.17) is 5.73 Å². The van der Waals surface area contributed by atoms with E-state index in [9.17, 15) is 14.4 Å². The van der Waals surface area contributed by atoms with Gasteiger partial charge in [0, 0.05) is 24.6 Å². The van der Waals surface area contributed by atoms with Crippen LogP contribution in [0.3, 0.4) is 0 Å². The fourth-order valence-corrected chi connectivity index (χ4v) is 2.67. The molecule has 1 heterocycles. The maximum Gasteiger partial charge on any atom is 0.228 e. The third kappa shape index (κ3) is 2.55. The van der Waals surface area contributed by atoms with Gasteiger partial charge in [-0.3, -0.25) is 9.59 Å². The number of amides is 2. The van der Waals surface area contributed by atoms with Crippen LogP contribution in [0.5, 0.6) is 0 Å². The van der Waals surface area contributed by atoms with Crippen LogP contribution in [-0.4, -0.2) is 24.6 Å². The number of rotatable bonds is 5. The van der Waals surface area contributed by atoms with E-state index in [0.717, 1.165) is 24.9 Å². The standard InChI is InChI=1S/C16H20N2O3/c1-11(10-19)16(2,15(17)21)12-5-7-13(8-6-12)18-9-3-4-14(18)20/h5-8,10-11H,3-4,9H2,1-2H3,(H2,17,21). The van der Waals surface area contributed by atoms with E-state index in [1.165, 1.54) is 0 Å². The Kier molecular flexibility index (Phi) is 4.11. The lowest BCUT2D eigenvalue weighted by Gasteiger charge is -2.30. The first-order chi connectivity index (χ1) is 9.91. The summed E-state index contributed by atoms with van der Waals surface area (Å²) in [5, 5.41) is 0. The molecule has 2 N–H and O–H groups in total. The monoisotopic (exact) mass is 288 g/mol. The zero-order valence-corrected chi connectivity index (χ0v) is 12.3. The van der Waals surface area contributed by atoms with Crippen molar-refractivity contribution in [1.82, 2.24) is 0 Å². The van der Waals surface area contributed by atoms with Crippen molar-refractivity contribution in [3.63, 3.8) is 0 Å². The van der Waals surface area contributed by atoms with E-state index in [0.29, 0.717) is 12.0 Å². The van der Waals surface area contributed by atoms with Crippen LogP contribution in [0.15, 0.2) is 24.3 Å². The number of hydrogen-bond donors (Lipinski definition) is 1. The number of hydrogen-bond acceptors (Lipinski definition) is 3. The summed E-state index contributed by atoms with van der Waals surface area (Å²) in [6.45, 7) is 4.07. The van der Waals surface area contributed by atoms with Crippen LogP contribution in [0.2, 0.25) is 0 Å². The summed E-state index contributed by atoms with van der Waals surface area (Å²) in [6.07, 6.45) is 2.17. The Hall–Kier alpha value is -2.17. The minimum Gasteiger partial charge on any atom is -0.369 e. The lowest BCUT2D eigenvalue weighted by atomic mass is 9.72. The minimum absolute atomic E-state index is 0.113. The number of primary amides is 1. The van der Waals surface area contributed by atoms with Crippen molar-refractivity contribution in [3.8, 4) is 0 Å². The number of anilines is 1. The molecule has 5 heteroatoms. The third-order valence-corrected chi connectivity index (χ3v) is 4.48. The summed E-state index contributed by atoms with van der Waals surface area (Å²) in [6, 6.07) is 7.14. The lowest BCUT2D eigenvalue weighted by Crippen LogP contribution is -2.44. The molecule has 0 spiro atoms. The van der Waals surface area contributed by atoms with Gasteiger partial charge in [0.1, 0.15) is 6.29 Å². The molecular formula is C16H20N2O3. The molecule has 1 aromatic rings. The Bertz CT molecular complexity index is 567. The summed E-state index contributed by atoms with van der Waals surface area (Å²) >= 11 is 0. The lowest BCUT2D eigenvalue weighted by molar-refractivity contribution is -0.128. The molecule has 0 saturated carbocycles. The second kappa shape index (κ2) is 5.68. The van der Waals surface area contributed by atoms with Crippen LogP contribution < -0.4 is 10.6 Å². The highest BCUT2D eigenvalue weighted by atomic mass is 16.2. The second-order valence-electron chi connectivity index (χ2n) is 5.69. The molecule has 1 fully saturated rings. The Labute approximate surface area is 124 Å². The number of nitrogens with two attached hydrogens (primary N) is 1. The summed E-state index contributed by atoms with van der Waals surface area (Å²) in [5.74, 6) is -0.942. The summed E-state index contributed by atoms with van der Waals surface area (Å²) in [4.78, 5) is 36.4. The van der Waals surface area contributed by atoms with Crippen molar-refractivity contribution >= 4 is 23.8 Å². The van der Waals surface area contributed by atoms with Gasteiger partial charge in [-0.25, -0.2) is 0 Å². The van der Waals surface area contributed by atoms with Gasteiger partial charge in [0.25, 0.3) is 0 Å². The number of nitrogens with zero attached hydrogens (tertiary/aromatic N) is 1. The maximum atomic E-state index is 11.8. The van der Waals surface area contributed by atoms with Crippen molar-refractivity contribution in [2.45, 2.75) is 32.1 Å². The number of benzene rings is 1. The molecular weight excluding hydrogens is 268 g/mol. The molecule has 2 unspecified atom stereocenters. The quantitative estimate of drug-likeness (QED) is 0.831. The van der Waals surface area contributed by atoms with Gasteiger partial charge in [-0.1, -0.05) is 19.1 Å². The molecule has 2 amide bonds. The van der Waals surface area contributed by atoms with Gasteiger partial charge in [-0.2, -0.15) is 0 Å². The fraction of sp³-hybridized carbons (Fsp3) is 0.438. The summed E-state index contributed by atoms with van der Waals surface area (Å²) in [5.41, 5.74) is 5.95. The molecule has 21 heavy (non-hydrogen) atoms. The van der Waals surface area contributed by atoms with E-state index >= 15 is 0 Å². The van der Waals surface area contributed by atoms with E-state index < -0.39 is 17.2 Å². The highest BCUT2D eigenvalue weighted by molar-refractivity contribution is 5.95. The van der Waals surface area contributed by atoms with E-state index in [2.05, 4.69) is 0 Å². The molecule has 1 aliphatic rings. The van der Waals surface area contributed by atoms with Gasteiger partial charge in [0.05, 0.1) is 5.41 Å². The Balaban J connectivity index is 2.34. The molecule has 1 saturated heterocycles. The number of aldehydes is 1. The zero-order chi connectivity index (χ0) is 15.6. The smallest absolute Gasteiger partial charge is 0.228 e. The highest BCUT2D eigenvalue weighted by Gasteiger charge is 2.39. The molecule has 2 atom stereocenters. The van der Waals surface area contributed by atoms with E-state index in [-0.39, 0.29) is 5.91 Å². The predicted octanol–water partition coefficient (Wildman–Crippen LogP) is 1.39. The first kappa shape index (κ1) is 15.2. The van der Waals surface area contributed by atoms with Crippen LogP contribution in [0.4, 0.5) is 5.69 Å². The van der Waals surface area contributed by atoms with Gasteiger partial charge < -0.3 is 15.4 Å². The predicted molar refractivity (Wildman–Crippen MR) is 79.8 cm³/mol. The fourth-order valence-electron chi connectivity index (χ4n) is 2.67. The van der Waals surface area contributed by atoms with Gasteiger partial charge in [0.15, 0.2) is 0 Å². The average molecular weight is 288 g/mol. The van der Waals surface area contributed by atoms with Crippen LogP contribution in [0.25, 0.3) is 0 Å². The number of carbonyl (C=O) groups excluding carboxylic acids is 3. The molecule has 0 radical (unpaired) electrons. The molecule has 5 nitrogen and oxygen atoms in total. The topological polar surface area (TPSA) is 80.5 Å². The van der Waals surface area contributed by atoms with Crippen molar-refractivity contribution in [1.29, 1.82) is 0 Å². The zero-order valence-electron chi connectivity index (χ0n) is 12.3. The largest absolute Gasteiger partial charge is 0.369 e. The van der Waals surface area contributed by atoms with Crippen molar-refractivity contribution in [2.75, 3.05) is 11.4 Å². The van der Waals surface area contributed by atoms with Gasteiger partial charge in [-0.15, -0.1) is 0 Å². The minimum atomic E-state index is -1.05. The molecule has 0 aliphatic carbocycles. The first-order valence-electron chi connectivity index (χ1n) is 7.07. The Morgan fingerprint density at radius 1 is 1.38 bits per heavy atom. The van der Waals surface area contributed by atoms with Crippen LogP contribution in [0, 0.1) is 5.92 Å². The Morgan fingerprint density at radius 2 is 2.00 bits per heavy atom. The highest BCUT2D eigenvalue weighted by Crippen LogP contribution is 2.32. The normalized spacial score (nSPS) is 19.1. The first-order valence-corrected chi connectivity index (χ1v) is 7.07. The molecule has 2 rings (SSSR count). The summed E-state index contributed by atoms with van der Waals surface area (Å²) in [7, 11) is 0. The van der Waals surface area contributed by atoms with E-state index in [1.54, 1.807) is 43.0 Å². The SMILES string of the molecule is CC(C=O)C(C)(C(N)=O)c1ccc(N2CCCC2=O)cc1. The third-order valence-electron chi connectivity index (χ3n) is 4.48. The van der Waals surface area contributed by atoms with Crippen molar-refractivity contribution < 1.29 is 14.4 Å². The van der Waals surface area contributed by atoms with Gasteiger partial charge in [0.2, 0.25) is 11.8 Å². The van der Waals surface area contributed by atoms with Crippen molar-refractivity contribution in [3.05, 3.63) is 29.8 Å². The molecule has 0 bridgehead atoms.